The molecule has 5 heteroatoms. The summed E-state index contributed by atoms with van der Waals surface area (Å²) in [6, 6.07) is 1.20. The Kier molecular flexibility index (Phi) is 10.3. The topological polar surface area (TPSA) is 18.5 Å². The van der Waals surface area contributed by atoms with E-state index in [1.807, 2.05) is 0 Å². The van der Waals surface area contributed by atoms with E-state index in [2.05, 4.69) is 58.4 Å². The molecule has 0 fully saturated rings. The Morgan fingerprint density at radius 1 is 0.900 bits per heavy atom. The Labute approximate surface area is 131 Å². The molecule has 0 N–H and O–H groups in total. The van der Waals surface area contributed by atoms with Gasteiger partial charge in [0.15, 0.2) is 16.6 Å². The van der Waals surface area contributed by atoms with Crippen LogP contribution in [0, 0.1) is 0 Å². The highest BCUT2D eigenvalue weighted by Gasteiger charge is 2.26. The molecular formula is C15H36O2Si3. The van der Waals surface area contributed by atoms with Crippen LogP contribution in [0.25, 0.3) is 0 Å². The summed E-state index contributed by atoms with van der Waals surface area (Å²) in [5.41, 5.74) is 0. The second-order valence-electron chi connectivity index (χ2n) is 7.43. The molecule has 0 aromatic rings. The second-order valence-corrected chi connectivity index (χ2v) is 18.2. The van der Waals surface area contributed by atoms with Crippen molar-refractivity contribution >= 4 is 26.2 Å². The first-order valence-corrected chi connectivity index (χ1v) is 16.8. The molecule has 0 atom stereocenters. The fraction of sp³-hybridized carbons (Fsp3) is 0.867. The van der Waals surface area contributed by atoms with E-state index >= 15 is 0 Å². The molecule has 2 nitrogen and oxygen atoms in total. The molecule has 0 unspecified atom stereocenters. The molecule has 0 aromatic carbocycles. The first-order valence-electron chi connectivity index (χ1n) is 8.14. The summed E-state index contributed by atoms with van der Waals surface area (Å²) in [6.45, 7) is 15.8. The Bertz CT molecular complexity index is 251. The number of allylic oxidation sites excluding steroid dienone is 2. The van der Waals surface area contributed by atoms with Gasteiger partial charge in [0, 0.05) is 0 Å². The third-order valence-electron chi connectivity index (χ3n) is 2.68. The highest BCUT2D eigenvalue weighted by atomic mass is 28.4. The van der Waals surface area contributed by atoms with Gasteiger partial charge in [0.2, 0.25) is 0 Å². The summed E-state index contributed by atoms with van der Waals surface area (Å²) in [5.74, 6) is 0.133. The van der Waals surface area contributed by atoms with Crippen molar-refractivity contribution in [3.63, 3.8) is 0 Å². The van der Waals surface area contributed by atoms with Crippen molar-refractivity contribution in [1.29, 1.82) is 0 Å². The van der Waals surface area contributed by atoms with E-state index < -0.39 is 16.6 Å². The van der Waals surface area contributed by atoms with Gasteiger partial charge in [-0.15, -0.1) is 0 Å². The summed E-state index contributed by atoms with van der Waals surface area (Å²) in [5, 5.41) is 0. The van der Waals surface area contributed by atoms with Crippen molar-refractivity contribution < 1.29 is 8.85 Å². The first-order chi connectivity index (χ1) is 9.14. The van der Waals surface area contributed by atoms with Gasteiger partial charge in [0.05, 0.1) is 9.52 Å². The molecule has 0 aliphatic carbocycles. The summed E-state index contributed by atoms with van der Waals surface area (Å²) < 4.78 is 12.5. The van der Waals surface area contributed by atoms with Crippen molar-refractivity contribution in [2.45, 2.75) is 83.8 Å². The van der Waals surface area contributed by atoms with Crippen molar-refractivity contribution in [3.05, 3.63) is 12.2 Å². The van der Waals surface area contributed by atoms with Crippen molar-refractivity contribution in [2.75, 3.05) is 0 Å². The summed E-state index contributed by atoms with van der Waals surface area (Å²) >= 11 is 0. The van der Waals surface area contributed by atoms with Crippen LogP contribution in [0.2, 0.25) is 45.3 Å². The van der Waals surface area contributed by atoms with E-state index in [1.54, 1.807) is 0 Å². The van der Waals surface area contributed by atoms with Gasteiger partial charge in [0.25, 0.3) is 0 Å². The highest BCUT2D eigenvalue weighted by Crippen LogP contribution is 2.14. The predicted molar refractivity (Wildman–Crippen MR) is 99.3 cm³/mol. The van der Waals surface area contributed by atoms with Crippen LogP contribution >= 0.6 is 0 Å². The zero-order valence-electron chi connectivity index (χ0n) is 14.8. The number of hydrogen-bond donors (Lipinski definition) is 0. The van der Waals surface area contributed by atoms with Crippen molar-refractivity contribution in [3.8, 4) is 0 Å². The van der Waals surface area contributed by atoms with Gasteiger partial charge in [-0.25, -0.2) is 0 Å². The standard InChI is InChI=1S/C15H36O2Si3/c1-8-9-10-11-12-13-14-18-15(16-19(2,3)4)17-20(5,6)7/h12-13,15H,8-11,14,18H2,1-7H3. The van der Waals surface area contributed by atoms with Crippen LogP contribution in [-0.2, 0) is 8.85 Å². The third kappa shape index (κ3) is 14.7. The van der Waals surface area contributed by atoms with Gasteiger partial charge in [0.1, 0.15) is 5.91 Å². The molecule has 0 amide bonds. The molecule has 0 bridgehead atoms. The number of hydrogen-bond acceptors (Lipinski definition) is 2. The van der Waals surface area contributed by atoms with Crippen molar-refractivity contribution in [2.24, 2.45) is 0 Å². The summed E-state index contributed by atoms with van der Waals surface area (Å²) in [4.78, 5) is 0. The maximum absolute atomic E-state index is 6.24. The van der Waals surface area contributed by atoms with Crippen LogP contribution in [0.3, 0.4) is 0 Å². The minimum atomic E-state index is -1.50. The number of unbranched alkanes of at least 4 members (excludes halogenated alkanes) is 3. The normalized spacial score (nSPS) is 14.2. The van der Waals surface area contributed by atoms with Crippen LogP contribution < -0.4 is 0 Å². The van der Waals surface area contributed by atoms with Gasteiger partial charge in [-0.3, -0.25) is 0 Å². The molecule has 0 aliphatic heterocycles. The van der Waals surface area contributed by atoms with Crippen LogP contribution in [0.4, 0.5) is 0 Å². The molecule has 0 spiro atoms. The number of rotatable bonds is 11. The predicted octanol–water partition coefficient (Wildman–Crippen LogP) is 4.70. The zero-order valence-corrected chi connectivity index (χ0v) is 18.2. The van der Waals surface area contributed by atoms with E-state index in [9.17, 15) is 0 Å². The maximum Gasteiger partial charge on any atom is 0.186 e. The minimum Gasteiger partial charge on any atom is -0.398 e. The second kappa shape index (κ2) is 10.1. The lowest BCUT2D eigenvalue weighted by molar-refractivity contribution is 0.0608. The Morgan fingerprint density at radius 2 is 1.45 bits per heavy atom. The zero-order chi connectivity index (χ0) is 15.6. The summed E-state index contributed by atoms with van der Waals surface area (Å²) in [7, 11) is -3.33. The lowest BCUT2D eigenvalue weighted by atomic mass is 10.2. The van der Waals surface area contributed by atoms with E-state index in [1.165, 1.54) is 31.7 Å². The van der Waals surface area contributed by atoms with Gasteiger partial charge in [-0.2, -0.15) is 0 Å². The average molecular weight is 333 g/mol. The Hall–Kier alpha value is 0.311. The Morgan fingerprint density at radius 3 is 1.90 bits per heavy atom. The molecule has 20 heavy (non-hydrogen) atoms. The SMILES string of the molecule is CCCCCC=CC[SiH2]C(O[Si](C)(C)C)O[Si](C)(C)C. The van der Waals surface area contributed by atoms with Gasteiger partial charge in [-0.1, -0.05) is 31.9 Å². The molecule has 0 saturated carbocycles. The minimum absolute atomic E-state index is 0.133. The lowest BCUT2D eigenvalue weighted by Crippen LogP contribution is -2.42. The lowest BCUT2D eigenvalue weighted by Gasteiger charge is -2.31. The summed E-state index contributed by atoms with van der Waals surface area (Å²) in [6.07, 6.45) is 9.92. The Balaban J connectivity index is 4.10. The van der Waals surface area contributed by atoms with Crippen LogP contribution in [-0.4, -0.2) is 32.1 Å². The molecular weight excluding hydrogens is 296 g/mol. The van der Waals surface area contributed by atoms with Crippen LogP contribution in [0.5, 0.6) is 0 Å². The van der Waals surface area contributed by atoms with Crippen LogP contribution in [0.15, 0.2) is 12.2 Å². The highest BCUT2D eigenvalue weighted by molar-refractivity contribution is 6.71. The molecule has 0 saturated heterocycles. The molecule has 120 valence electrons. The molecule has 0 aliphatic rings. The monoisotopic (exact) mass is 332 g/mol. The maximum atomic E-state index is 6.24. The largest absolute Gasteiger partial charge is 0.398 e. The van der Waals surface area contributed by atoms with Gasteiger partial charge in [-0.05, 0) is 58.2 Å². The third-order valence-corrected chi connectivity index (χ3v) is 6.76. The van der Waals surface area contributed by atoms with Gasteiger partial charge >= 0.3 is 0 Å². The van der Waals surface area contributed by atoms with Crippen molar-refractivity contribution in [1.82, 2.24) is 0 Å². The van der Waals surface area contributed by atoms with E-state index in [4.69, 9.17) is 8.85 Å². The van der Waals surface area contributed by atoms with E-state index in [0.717, 1.165) is 0 Å². The van der Waals surface area contributed by atoms with Gasteiger partial charge < -0.3 is 8.85 Å². The molecule has 0 aromatic heterocycles. The van der Waals surface area contributed by atoms with E-state index in [0.29, 0.717) is 0 Å². The van der Waals surface area contributed by atoms with E-state index in [-0.39, 0.29) is 15.4 Å². The first kappa shape index (κ1) is 20.3. The fourth-order valence-electron chi connectivity index (χ4n) is 1.91. The smallest absolute Gasteiger partial charge is 0.186 e. The average Bonchev–Trinajstić information content (AvgIpc) is 2.23. The molecule has 0 heterocycles. The van der Waals surface area contributed by atoms with Crippen LogP contribution in [0.1, 0.15) is 32.6 Å². The fourth-order valence-corrected chi connectivity index (χ4v) is 8.32. The quantitative estimate of drug-likeness (QED) is 0.236. The molecule has 0 radical (unpaired) electrons. The molecule has 0 rings (SSSR count).